The number of aryl methyl sites for hydroxylation is 1. The molecule has 28 heavy (non-hydrogen) atoms. The molecule has 4 heteroatoms. The third kappa shape index (κ3) is 4.76. The van der Waals surface area contributed by atoms with Gasteiger partial charge in [-0.3, -0.25) is 9.69 Å². The molecule has 0 aromatic heterocycles. The first-order valence-corrected chi connectivity index (χ1v) is 10.5. The van der Waals surface area contributed by atoms with Crippen LogP contribution in [-0.2, 0) is 17.8 Å². The van der Waals surface area contributed by atoms with E-state index in [1.54, 1.807) is 0 Å². The smallest absolute Gasteiger partial charge is 0.307 e. The van der Waals surface area contributed by atoms with Crippen molar-refractivity contribution in [3.8, 4) is 0 Å². The van der Waals surface area contributed by atoms with Crippen molar-refractivity contribution in [3.63, 3.8) is 0 Å². The average Bonchev–Trinajstić information content (AvgIpc) is 3.14. The van der Waals surface area contributed by atoms with Gasteiger partial charge >= 0.3 is 5.97 Å². The molecular weight excluding hydrogens is 370 g/mol. The Kier molecular flexibility index (Phi) is 6.79. The number of carboxylic acid groups (broad SMARTS) is 1. The fourth-order valence-corrected chi connectivity index (χ4v) is 4.35. The molecule has 1 heterocycles. The van der Waals surface area contributed by atoms with E-state index in [1.807, 2.05) is 6.07 Å². The maximum Gasteiger partial charge on any atom is 0.307 e. The molecule has 2 aromatic carbocycles. The molecule has 3 rings (SSSR count). The van der Waals surface area contributed by atoms with Gasteiger partial charge in [-0.25, -0.2) is 0 Å². The summed E-state index contributed by atoms with van der Waals surface area (Å²) in [4.78, 5) is 13.5. The predicted molar refractivity (Wildman–Crippen MR) is 115 cm³/mol. The third-order valence-corrected chi connectivity index (χ3v) is 6.61. The van der Waals surface area contributed by atoms with Crippen LogP contribution >= 0.6 is 11.6 Å². The van der Waals surface area contributed by atoms with Crippen molar-refractivity contribution in [2.45, 2.75) is 52.5 Å². The summed E-state index contributed by atoms with van der Waals surface area (Å²) in [5.41, 5.74) is 6.50. The monoisotopic (exact) mass is 399 g/mol. The van der Waals surface area contributed by atoms with E-state index in [4.69, 9.17) is 11.6 Å². The van der Waals surface area contributed by atoms with Crippen LogP contribution in [0.4, 0.5) is 0 Å². The van der Waals surface area contributed by atoms with Crippen molar-refractivity contribution < 1.29 is 9.90 Å². The summed E-state index contributed by atoms with van der Waals surface area (Å²) in [6, 6.07) is 12.9. The number of carbonyl (C=O) groups is 1. The van der Waals surface area contributed by atoms with Gasteiger partial charge in [0.25, 0.3) is 0 Å². The summed E-state index contributed by atoms with van der Waals surface area (Å²) < 4.78 is 0. The molecule has 0 spiro atoms. The van der Waals surface area contributed by atoms with Crippen LogP contribution in [0.2, 0.25) is 5.02 Å². The molecule has 0 amide bonds. The average molecular weight is 400 g/mol. The zero-order valence-corrected chi connectivity index (χ0v) is 17.8. The Balaban J connectivity index is 1.74. The van der Waals surface area contributed by atoms with E-state index in [-0.39, 0.29) is 5.92 Å². The quantitative estimate of drug-likeness (QED) is 0.658. The Hall–Kier alpha value is -1.84. The highest BCUT2D eigenvalue weighted by Crippen LogP contribution is 2.30. The highest BCUT2D eigenvalue weighted by Gasteiger charge is 2.28. The van der Waals surface area contributed by atoms with Crippen LogP contribution in [-0.4, -0.2) is 29.1 Å². The lowest BCUT2D eigenvalue weighted by Gasteiger charge is -2.21. The number of hydrogen-bond acceptors (Lipinski definition) is 2. The number of benzene rings is 2. The fourth-order valence-electron chi connectivity index (χ4n) is 4.23. The van der Waals surface area contributed by atoms with Gasteiger partial charge in [-0.05, 0) is 79.5 Å². The topological polar surface area (TPSA) is 40.5 Å². The second kappa shape index (κ2) is 9.11. The normalized spacial score (nSPS) is 18.4. The Morgan fingerprint density at radius 3 is 2.64 bits per heavy atom. The fraction of sp³-hybridized carbons (Fsp3) is 0.458. The first kappa shape index (κ1) is 20.9. The molecule has 0 aliphatic carbocycles. The number of carboxylic acids is 1. The molecule has 1 fully saturated rings. The number of rotatable bonds is 7. The molecule has 1 saturated heterocycles. The molecule has 2 atom stereocenters. The van der Waals surface area contributed by atoms with Crippen LogP contribution in [0.25, 0.3) is 0 Å². The molecule has 1 aliphatic rings. The Bertz CT molecular complexity index is 848. The van der Waals surface area contributed by atoms with Crippen LogP contribution in [0, 0.1) is 19.8 Å². The molecule has 0 bridgehead atoms. The van der Waals surface area contributed by atoms with Crippen molar-refractivity contribution in [1.82, 2.24) is 4.90 Å². The number of halogens is 1. The van der Waals surface area contributed by atoms with E-state index in [1.165, 1.54) is 22.3 Å². The van der Waals surface area contributed by atoms with Crippen molar-refractivity contribution in [3.05, 3.63) is 69.2 Å². The first-order chi connectivity index (χ1) is 13.4. The van der Waals surface area contributed by atoms with Gasteiger partial charge < -0.3 is 5.11 Å². The van der Waals surface area contributed by atoms with Crippen LogP contribution < -0.4 is 0 Å². The summed E-state index contributed by atoms with van der Waals surface area (Å²) in [6.45, 7) is 8.85. The largest absolute Gasteiger partial charge is 0.481 e. The molecule has 1 aliphatic heterocycles. The summed E-state index contributed by atoms with van der Waals surface area (Å²) in [7, 11) is 0. The van der Waals surface area contributed by atoms with E-state index in [9.17, 15) is 9.90 Å². The first-order valence-electron chi connectivity index (χ1n) is 10.2. The van der Waals surface area contributed by atoms with Gasteiger partial charge in [-0.2, -0.15) is 0 Å². The Morgan fingerprint density at radius 1 is 1.25 bits per heavy atom. The van der Waals surface area contributed by atoms with Crippen LogP contribution in [0.1, 0.15) is 53.5 Å². The van der Waals surface area contributed by atoms with E-state index in [0.29, 0.717) is 12.5 Å². The van der Waals surface area contributed by atoms with E-state index >= 15 is 0 Å². The maximum absolute atomic E-state index is 11.2. The van der Waals surface area contributed by atoms with Gasteiger partial charge in [0.15, 0.2) is 0 Å². The summed E-state index contributed by atoms with van der Waals surface area (Å²) in [5, 5.41) is 10.1. The van der Waals surface area contributed by atoms with Crippen molar-refractivity contribution in [1.29, 1.82) is 0 Å². The summed E-state index contributed by atoms with van der Waals surface area (Å²) in [5.74, 6) is -0.425. The maximum atomic E-state index is 11.2. The predicted octanol–water partition coefficient (Wildman–Crippen LogP) is 5.60. The summed E-state index contributed by atoms with van der Waals surface area (Å²) in [6.07, 6.45) is 2.84. The lowest BCUT2D eigenvalue weighted by Crippen LogP contribution is -2.23. The SMILES string of the molecule is CCC(Cc1cccc(CN2CC[C@@H](C(=O)O)C2)c1C)c1ccc(Cl)c(C)c1. The van der Waals surface area contributed by atoms with Crippen molar-refractivity contribution >= 4 is 17.6 Å². The van der Waals surface area contributed by atoms with Crippen LogP contribution in [0.5, 0.6) is 0 Å². The lowest BCUT2D eigenvalue weighted by molar-refractivity contribution is -0.141. The van der Waals surface area contributed by atoms with Crippen molar-refractivity contribution in [2.75, 3.05) is 13.1 Å². The van der Waals surface area contributed by atoms with Gasteiger partial charge in [-0.1, -0.05) is 48.9 Å². The zero-order chi connectivity index (χ0) is 20.3. The molecular formula is C24H30ClNO2. The lowest BCUT2D eigenvalue weighted by atomic mass is 9.86. The number of nitrogens with zero attached hydrogens (tertiary/aromatic N) is 1. The van der Waals surface area contributed by atoms with Gasteiger partial charge in [0.05, 0.1) is 5.92 Å². The highest BCUT2D eigenvalue weighted by molar-refractivity contribution is 6.31. The van der Waals surface area contributed by atoms with Crippen molar-refractivity contribution in [2.24, 2.45) is 5.92 Å². The molecule has 1 unspecified atom stereocenters. The molecule has 150 valence electrons. The van der Waals surface area contributed by atoms with Gasteiger partial charge in [0, 0.05) is 18.1 Å². The Labute approximate surface area is 173 Å². The highest BCUT2D eigenvalue weighted by atomic mass is 35.5. The molecule has 1 N–H and O–H groups in total. The third-order valence-electron chi connectivity index (χ3n) is 6.19. The van der Waals surface area contributed by atoms with Gasteiger partial charge in [0.2, 0.25) is 0 Å². The van der Waals surface area contributed by atoms with Gasteiger partial charge in [-0.15, -0.1) is 0 Å². The standard InChI is InChI=1S/C24H30ClNO2/c1-4-18(20-8-9-23(25)16(2)12-20)13-19-6-5-7-21(17(19)3)14-26-11-10-22(15-26)24(27)28/h5-9,12,18,22H,4,10-11,13-15H2,1-3H3,(H,27,28)/t18?,22-/m1/s1. The molecule has 0 radical (unpaired) electrons. The second-order valence-electron chi connectivity index (χ2n) is 8.08. The molecule has 0 saturated carbocycles. The zero-order valence-electron chi connectivity index (χ0n) is 17.0. The minimum atomic E-state index is -0.669. The van der Waals surface area contributed by atoms with Crippen LogP contribution in [0.15, 0.2) is 36.4 Å². The number of likely N-dealkylation sites (tertiary alicyclic amines) is 1. The van der Waals surface area contributed by atoms with Crippen LogP contribution in [0.3, 0.4) is 0 Å². The minimum absolute atomic E-state index is 0.221. The molecule has 2 aromatic rings. The van der Waals surface area contributed by atoms with E-state index < -0.39 is 5.97 Å². The molecule has 3 nitrogen and oxygen atoms in total. The number of aliphatic carboxylic acids is 1. The minimum Gasteiger partial charge on any atom is -0.481 e. The van der Waals surface area contributed by atoms with E-state index in [0.717, 1.165) is 42.9 Å². The van der Waals surface area contributed by atoms with E-state index in [2.05, 4.69) is 56.0 Å². The Morgan fingerprint density at radius 2 is 2.00 bits per heavy atom. The van der Waals surface area contributed by atoms with Gasteiger partial charge in [0.1, 0.15) is 0 Å². The summed E-state index contributed by atoms with van der Waals surface area (Å²) >= 11 is 6.20. The number of hydrogen-bond donors (Lipinski definition) is 1. The second-order valence-corrected chi connectivity index (χ2v) is 8.49.